The molecule has 17 rings (SSSR count). The fourth-order valence-corrected chi connectivity index (χ4v) is 15.5. The lowest BCUT2D eigenvalue weighted by Crippen LogP contribution is -2.19. The van der Waals surface area contributed by atoms with E-state index in [0.29, 0.717) is 0 Å². The summed E-state index contributed by atoms with van der Waals surface area (Å²) in [6.45, 7) is 19.3. The maximum absolute atomic E-state index is 6.95. The molecule has 0 N–H and O–H groups in total. The van der Waals surface area contributed by atoms with Crippen molar-refractivity contribution in [3.05, 3.63) is 245 Å². The molecule has 3 nitrogen and oxygen atoms in total. The van der Waals surface area contributed by atoms with Gasteiger partial charge in [-0.15, -0.1) is 0 Å². The number of fused-ring (bicyclic) bond motifs is 21. The predicted molar refractivity (Wildman–Crippen MR) is 329 cm³/mol. The van der Waals surface area contributed by atoms with Crippen molar-refractivity contribution in [1.82, 2.24) is 0 Å². The molecule has 3 heteroatoms. The molecule has 0 saturated heterocycles. The van der Waals surface area contributed by atoms with E-state index in [1.54, 1.807) is 0 Å². The van der Waals surface area contributed by atoms with Gasteiger partial charge in [0, 0.05) is 65.8 Å². The van der Waals surface area contributed by atoms with Gasteiger partial charge in [0.2, 0.25) is 0 Å². The summed E-state index contributed by atoms with van der Waals surface area (Å²) in [6, 6.07) is 75.4. The van der Waals surface area contributed by atoms with Crippen LogP contribution in [0.5, 0.6) is 0 Å². The highest BCUT2D eigenvalue weighted by atomic mass is 16.3. The Morgan fingerprint density at radius 2 is 0.785 bits per heavy atom. The molecule has 0 aliphatic heterocycles. The molecule has 0 spiro atoms. The highest BCUT2D eigenvalue weighted by molar-refractivity contribution is 6.19. The second kappa shape index (κ2) is 15.0. The lowest BCUT2D eigenvalue weighted by Gasteiger charge is -2.31. The number of hydrogen-bond donors (Lipinski definition) is 0. The molecule has 0 saturated carbocycles. The number of nitrogens with zero attached hydrogens (tertiary/aromatic N) is 1. The zero-order chi connectivity index (χ0) is 53.2. The Bertz CT molecular complexity index is 4910. The zero-order valence-corrected chi connectivity index (χ0v) is 45.8. The van der Waals surface area contributed by atoms with E-state index in [-0.39, 0.29) is 21.7 Å². The fourth-order valence-electron chi connectivity index (χ4n) is 15.5. The molecule has 0 bridgehead atoms. The standard InChI is InChI=1S/C76H57NO2/c1-73(2)57-22-14-11-19-48(57)49-30-27-45(36-59(49)73)77(46-28-31-50-55-40-63-56(41-62(55)75(5,6)60(50)37-46)69-58(74(63,3)4)33-34-67-70(69)52-20-12-15-23-65(52)78-67)47-29-32-51-61(38-47)76(7,8)64-39-54(44-26-25-42-17-9-10-18-43(42)35-44)72-71(68(51)64)53-21-13-16-24-66(53)79-72/h9-41H,1-8H3. The Morgan fingerprint density at radius 1 is 0.291 bits per heavy atom. The summed E-state index contributed by atoms with van der Waals surface area (Å²) in [5.74, 6) is 0. The predicted octanol–water partition coefficient (Wildman–Crippen LogP) is 21.0. The van der Waals surface area contributed by atoms with Crippen LogP contribution in [0.3, 0.4) is 0 Å². The Morgan fingerprint density at radius 3 is 1.52 bits per heavy atom. The molecule has 13 aromatic rings. The zero-order valence-electron chi connectivity index (χ0n) is 45.8. The molecule has 0 atom stereocenters. The van der Waals surface area contributed by atoms with Gasteiger partial charge in [0.05, 0.1) is 0 Å². The third-order valence-corrected chi connectivity index (χ3v) is 19.6. The first kappa shape index (κ1) is 45.1. The first-order valence-electron chi connectivity index (χ1n) is 28.1. The fraction of sp³-hybridized carbons (Fsp3) is 0.158. The smallest absolute Gasteiger partial charge is 0.143 e. The largest absolute Gasteiger partial charge is 0.456 e. The van der Waals surface area contributed by atoms with Gasteiger partial charge in [-0.2, -0.15) is 0 Å². The van der Waals surface area contributed by atoms with Gasteiger partial charge in [-0.05, 0) is 184 Å². The van der Waals surface area contributed by atoms with E-state index in [2.05, 4.69) is 260 Å². The van der Waals surface area contributed by atoms with Crippen molar-refractivity contribution in [3.8, 4) is 55.6 Å². The number of furan rings is 2. The number of para-hydroxylation sites is 2. The summed E-state index contributed by atoms with van der Waals surface area (Å²) in [4.78, 5) is 2.54. The molecule has 0 unspecified atom stereocenters. The average Bonchev–Trinajstić information content (AvgIpc) is 3.44. The molecule has 2 heterocycles. The van der Waals surface area contributed by atoms with Gasteiger partial charge < -0.3 is 13.7 Å². The van der Waals surface area contributed by atoms with Gasteiger partial charge in [-0.1, -0.05) is 177 Å². The van der Waals surface area contributed by atoms with Gasteiger partial charge in [0.15, 0.2) is 0 Å². The number of rotatable bonds is 4. The van der Waals surface area contributed by atoms with E-state index in [1.165, 1.54) is 116 Å². The van der Waals surface area contributed by atoms with Crippen molar-refractivity contribution in [2.45, 2.75) is 77.0 Å². The molecule has 2 aromatic heterocycles. The lowest BCUT2D eigenvalue weighted by molar-refractivity contribution is 0.650. The van der Waals surface area contributed by atoms with Crippen molar-refractivity contribution in [2.75, 3.05) is 4.90 Å². The van der Waals surface area contributed by atoms with Gasteiger partial charge in [-0.25, -0.2) is 0 Å². The second-order valence-corrected chi connectivity index (χ2v) is 25.2. The van der Waals surface area contributed by atoms with Gasteiger partial charge in [0.1, 0.15) is 22.3 Å². The highest BCUT2D eigenvalue weighted by Crippen LogP contribution is 2.61. The van der Waals surface area contributed by atoms with Crippen molar-refractivity contribution in [1.29, 1.82) is 0 Å². The van der Waals surface area contributed by atoms with Crippen molar-refractivity contribution in [2.24, 2.45) is 0 Å². The SMILES string of the molecule is CC1(C)c2ccccc2-c2ccc(N(c3ccc4c(c3)C(C)(C)c3cc5c(cc3-4)C(C)(C)c3ccc4oc6ccccc6c4c3-5)c3ccc4c(c3)C(C)(C)c3cc(-c5ccc6ccccc6c5)c5oc6ccccc6c5c3-4)cc21. The molecule has 11 aromatic carbocycles. The van der Waals surface area contributed by atoms with Crippen LogP contribution in [-0.4, -0.2) is 0 Å². The van der Waals surface area contributed by atoms with Crippen LogP contribution in [0.15, 0.2) is 209 Å². The molecular weight excluding hydrogens is 959 g/mol. The van der Waals surface area contributed by atoms with Crippen LogP contribution in [0, 0.1) is 0 Å². The van der Waals surface area contributed by atoms with Crippen LogP contribution in [0.1, 0.15) is 99.9 Å². The first-order chi connectivity index (χ1) is 38.2. The van der Waals surface area contributed by atoms with E-state index in [1.807, 2.05) is 0 Å². The summed E-state index contributed by atoms with van der Waals surface area (Å²) in [6.07, 6.45) is 0. The molecule has 378 valence electrons. The van der Waals surface area contributed by atoms with Gasteiger partial charge in [-0.3, -0.25) is 0 Å². The maximum Gasteiger partial charge on any atom is 0.143 e. The van der Waals surface area contributed by atoms with E-state index in [9.17, 15) is 0 Å². The minimum atomic E-state index is -0.339. The highest BCUT2D eigenvalue weighted by Gasteiger charge is 2.44. The van der Waals surface area contributed by atoms with Crippen LogP contribution >= 0.6 is 0 Å². The number of benzene rings is 11. The summed E-state index contributed by atoms with van der Waals surface area (Å²) in [7, 11) is 0. The Labute approximate surface area is 460 Å². The van der Waals surface area contributed by atoms with Crippen molar-refractivity contribution < 1.29 is 8.83 Å². The third-order valence-electron chi connectivity index (χ3n) is 19.6. The van der Waals surface area contributed by atoms with Crippen LogP contribution in [0.4, 0.5) is 17.1 Å². The monoisotopic (exact) mass is 1020 g/mol. The van der Waals surface area contributed by atoms with Crippen LogP contribution in [-0.2, 0) is 21.7 Å². The maximum atomic E-state index is 6.95. The Kier molecular flexibility index (Phi) is 8.57. The van der Waals surface area contributed by atoms with Crippen LogP contribution in [0.2, 0.25) is 0 Å². The summed E-state index contributed by atoms with van der Waals surface area (Å²) in [5, 5.41) is 7.19. The molecule has 79 heavy (non-hydrogen) atoms. The molecule has 0 radical (unpaired) electrons. The van der Waals surface area contributed by atoms with E-state index >= 15 is 0 Å². The summed E-state index contributed by atoms with van der Waals surface area (Å²) >= 11 is 0. The molecule has 0 fully saturated rings. The Balaban J connectivity index is 0.853. The quantitative estimate of drug-likeness (QED) is 0.176. The third kappa shape index (κ3) is 5.77. The molecule has 0 amide bonds. The Hall–Kier alpha value is -8.92. The van der Waals surface area contributed by atoms with Gasteiger partial charge >= 0.3 is 0 Å². The van der Waals surface area contributed by atoms with E-state index in [0.717, 1.165) is 55.9 Å². The summed E-state index contributed by atoms with van der Waals surface area (Å²) in [5.41, 5.74) is 29.8. The second-order valence-electron chi connectivity index (χ2n) is 25.2. The number of anilines is 3. The first-order valence-corrected chi connectivity index (χ1v) is 28.1. The van der Waals surface area contributed by atoms with Crippen molar-refractivity contribution >= 4 is 71.7 Å². The number of hydrogen-bond acceptors (Lipinski definition) is 3. The topological polar surface area (TPSA) is 29.5 Å². The van der Waals surface area contributed by atoms with Crippen molar-refractivity contribution in [3.63, 3.8) is 0 Å². The van der Waals surface area contributed by atoms with Crippen LogP contribution in [0.25, 0.3) is 110 Å². The van der Waals surface area contributed by atoms with E-state index < -0.39 is 0 Å². The molecular formula is C76H57NO2. The van der Waals surface area contributed by atoms with Gasteiger partial charge in [0.25, 0.3) is 0 Å². The minimum absolute atomic E-state index is 0.167. The van der Waals surface area contributed by atoms with Crippen LogP contribution < -0.4 is 4.90 Å². The summed E-state index contributed by atoms with van der Waals surface area (Å²) < 4.78 is 13.5. The average molecular weight is 1020 g/mol. The molecule has 4 aliphatic rings. The normalized spacial score (nSPS) is 16.0. The van der Waals surface area contributed by atoms with E-state index in [4.69, 9.17) is 8.83 Å². The molecule has 4 aliphatic carbocycles. The minimum Gasteiger partial charge on any atom is -0.456 e. The lowest BCUT2D eigenvalue weighted by atomic mass is 9.79.